The van der Waals surface area contributed by atoms with E-state index in [9.17, 15) is 4.79 Å². The number of nitrogens with zero attached hydrogens (tertiary/aromatic N) is 1. The van der Waals surface area contributed by atoms with Gasteiger partial charge in [0.15, 0.2) is 6.29 Å². The number of aromatic nitrogens is 1. The summed E-state index contributed by atoms with van der Waals surface area (Å²) in [7, 11) is 0. The third kappa shape index (κ3) is 2.45. The van der Waals surface area contributed by atoms with E-state index < -0.39 is 0 Å². The van der Waals surface area contributed by atoms with Crippen molar-refractivity contribution in [2.24, 2.45) is 0 Å². The number of para-hydroxylation sites is 1. The highest BCUT2D eigenvalue weighted by molar-refractivity contribution is 5.99. The van der Waals surface area contributed by atoms with Gasteiger partial charge in [-0.05, 0) is 59.7 Å². The van der Waals surface area contributed by atoms with Crippen LogP contribution in [0.15, 0.2) is 54.7 Å². The monoisotopic (exact) mass is 341 g/mol. The predicted octanol–water partition coefficient (Wildman–Crippen LogP) is 6.29. The van der Waals surface area contributed by atoms with Crippen LogP contribution in [-0.4, -0.2) is 10.9 Å². The Hall–Kier alpha value is -2.87. The molecule has 2 aromatic rings. The molecule has 130 valence electrons. The summed E-state index contributed by atoms with van der Waals surface area (Å²) >= 11 is 0. The highest BCUT2D eigenvalue weighted by Gasteiger charge is 2.18. The molecule has 0 saturated heterocycles. The Morgan fingerprint density at radius 2 is 1.73 bits per heavy atom. The number of aryl methyl sites for hydroxylation is 1. The number of aldehydes is 1. The van der Waals surface area contributed by atoms with Gasteiger partial charge in [-0.2, -0.15) is 0 Å². The predicted molar refractivity (Wildman–Crippen MR) is 109 cm³/mol. The van der Waals surface area contributed by atoms with Crippen molar-refractivity contribution in [2.45, 2.75) is 33.6 Å². The molecule has 0 bridgehead atoms. The Balaban J connectivity index is 2.05. The molecule has 0 aliphatic heterocycles. The number of hydrogen-bond acceptors (Lipinski definition) is 1. The molecule has 0 atom stereocenters. The summed E-state index contributed by atoms with van der Waals surface area (Å²) in [6.45, 7) is 8.80. The number of carbonyl (C=O) groups excluding carboxylic acids is 1. The molecule has 0 fully saturated rings. The maximum absolute atomic E-state index is 11.5. The van der Waals surface area contributed by atoms with Crippen LogP contribution in [0.2, 0.25) is 0 Å². The van der Waals surface area contributed by atoms with Gasteiger partial charge in [0.2, 0.25) is 0 Å². The third-order valence-corrected chi connectivity index (χ3v) is 5.42. The molecule has 2 nitrogen and oxygen atoms in total. The molecule has 0 radical (unpaired) electrons. The first-order valence-electron chi connectivity index (χ1n) is 9.10. The van der Waals surface area contributed by atoms with E-state index in [2.05, 4.69) is 62.6 Å². The fourth-order valence-electron chi connectivity index (χ4n) is 3.81. The zero-order valence-corrected chi connectivity index (χ0v) is 15.7. The number of benzene rings is 1. The minimum absolute atomic E-state index is 0.483. The second-order valence-electron chi connectivity index (χ2n) is 7.39. The van der Waals surface area contributed by atoms with Crippen molar-refractivity contribution in [2.75, 3.05) is 0 Å². The molecule has 0 saturated carbocycles. The average molecular weight is 341 g/mol. The molecule has 1 aromatic carbocycles. The SMILES string of the molecule is Cc1ccc(C(C)C)cc2c(C)c(-n3cc(C=O)c4ccccc43)cc1-2. The highest BCUT2D eigenvalue weighted by Crippen LogP contribution is 2.38. The van der Waals surface area contributed by atoms with Crippen LogP contribution in [0.1, 0.15) is 46.8 Å². The van der Waals surface area contributed by atoms with Gasteiger partial charge >= 0.3 is 0 Å². The molecule has 2 heteroatoms. The molecule has 0 unspecified atom stereocenters. The number of rotatable bonds is 3. The van der Waals surface area contributed by atoms with Gasteiger partial charge in [-0.1, -0.05) is 50.2 Å². The molecule has 2 aliphatic rings. The summed E-state index contributed by atoms with van der Waals surface area (Å²) in [6, 6.07) is 17.1. The van der Waals surface area contributed by atoms with Gasteiger partial charge in [-0.25, -0.2) is 0 Å². The second kappa shape index (κ2) is 6.14. The maximum atomic E-state index is 11.5. The molecular weight excluding hydrogens is 318 g/mol. The first-order chi connectivity index (χ1) is 12.5. The van der Waals surface area contributed by atoms with Crippen molar-refractivity contribution in [3.05, 3.63) is 77.0 Å². The summed E-state index contributed by atoms with van der Waals surface area (Å²) in [5.74, 6) is 0.483. The van der Waals surface area contributed by atoms with Gasteiger partial charge in [-0.15, -0.1) is 0 Å². The van der Waals surface area contributed by atoms with Crippen LogP contribution in [0, 0.1) is 13.8 Å². The van der Waals surface area contributed by atoms with Crippen molar-refractivity contribution in [3.8, 4) is 16.8 Å². The first kappa shape index (κ1) is 16.6. The third-order valence-electron chi connectivity index (χ3n) is 5.42. The summed E-state index contributed by atoms with van der Waals surface area (Å²) < 4.78 is 2.16. The Morgan fingerprint density at radius 1 is 0.962 bits per heavy atom. The van der Waals surface area contributed by atoms with E-state index in [1.807, 2.05) is 24.4 Å². The van der Waals surface area contributed by atoms with E-state index in [1.165, 1.54) is 27.8 Å². The van der Waals surface area contributed by atoms with Gasteiger partial charge in [0.05, 0.1) is 5.52 Å². The summed E-state index contributed by atoms with van der Waals surface area (Å²) in [4.78, 5) is 11.5. The van der Waals surface area contributed by atoms with Crippen LogP contribution in [-0.2, 0) is 0 Å². The van der Waals surface area contributed by atoms with Crippen LogP contribution in [0.25, 0.3) is 27.7 Å². The molecule has 0 spiro atoms. The quantitative estimate of drug-likeness (QED) is 0.401. The van der Waals surface area contributed by atoms with Crippen LogP contribution < -0.4 is 0 Å². The lowest BCUT2D eigenvalue weighted by Crippen LogP contribution is -1.92. The largest absolute Gasteiger partial charge is 0.316 e. The second-order valence-corrected chi connectivity index (χ2v) is 7.39. The Kier molecular flexibility index (Phi) is 3.91. The molecule has 0 N–H and O–H groups in total. The van der Waals surface area contributed by atoms with E-state index in [4.69, 9.17) is 0 Å². The van der Waals surface area contributed by atoms with Gasteiger partial charge in [0, 0.05) is 22.8 Å². The fourth-order valence-corrected chi connectivity index (χ4v) is 3.81. The smallest absolute Gasteiger partial charge is 0.152 e. The zero-order valence-electron chi connectivity index (χ0n) is 15.7. The summed E-state index contributed by atoms with van der Waals surface area (Å²) in [6.07, 6.45) is 2.90. The van der Waals surface area contributed by atoms with Gasteiger partial charge < -0.3 is 4.57 Å². The van der Waals surface area contributed by atoms with E-state index >= 15 is 0 Å². The summed E-state index contributed by atoms with van der Waals surface area (Å²) in [5.41, 5.74) is 9.37. The van der Waals surface area contributed by atoms with E-state index in [0.29, 0.717) is 5.92 Å². The standard InChI is InChI=1S/C24H23NO/c1-15(2)18-10-9-16(3)21-12-24(17(4)22(21)11-18)25-13-19(14-26)20-7-5-6-8-23(20)25/h5-15H,1-4H3. The number of fused-ring (bicyclic) bond motifs is 2. The minimum atomic E-state index is 0.483. The molecular formula is C24H23NO. The number of hydrogen-bond donors (Lipinski definition) is 0. The van der Waals surface area contributed by atoms with Crippen molar-refractivity contribution < 1.29 is 4.79 Å². The molecule has 1 heterocycles. The van der Waals surface area contributed by atoms with Crippen LogP contribution >= 0.6 is 0 Å². The first-order valence-corrected chi connectivity index (χ1v) is 9.10. The molecule has 2 aliphatic carbocycles. The van der Waals surface area contributed by atoms with Gasteiger partial charge in [0.25, 0.3) is 0 Å². The summed E-state index contributed by atoms with van der Waals surface area (Å²) in [5, 5.41) is 0.998. The minimum Gasteiger partial charge on any atom is -0.316 e. The van der Waals surface area contributed by atoms with Crippen LogP contribution in [0.4, 0.5) is 0 Å². The highest BCUT2D eigenvalue weighted by atomic mass is 16.1. The Morgan fingerprint density at radius 3 is 2.46 bits per heavy atom. The van der Waals surface area contributed by atoms with Crippen molar-refractivity contribution in [1.29, 1.82) is 0 Å². The molecule has 1 aromatic heterocycles. The Labute approximate surface area is 154 Å². The van der Waals surface area contributed by atoms with Gasteiger partial charge in [-0.3, -0.25) is 4.79 Å². The van der Waals surface area contributed by atoms with E-state index in [-0.39, 0.29) is 0 Å². The van der Waals surface area contributed by atoms with Crippen molar-refractivity contribution in [1.82, 2.24) is 4.57 Å². The fraction of sp³-hybridized carbons (Fsp3) is 0.208. The van der Waals surface area contributed by atoms with Crippen LogP contribution in [0.3, 0.4) is 0 Å². The van der Waals surface area contributed by atoms with Crippen molar-refractivity contribution >= 4 is 17.2 Å². The van der Waals surface area contributed by atoms with Gasteiger partial charge in [0.1, 0.15) is 0 Å². The lowest BCUT2D eigenvalue weighted by atomic mass is 10.0. The normalized spacial score (nSPS) is 11.6. The Bertz CT molecular complexity index is 1100. The maximum Gasteiger partial charge on any atom is 0.152 e. The number of carbonyl (C=O) groups is 1. The molecule has 0 amide bonds. The lowest BCUT2D eigenvalue weighted by Gasteiger charge is -2.06. The lowest BCUT2D eigenvalue weighted by molar-refractivity contribution is 0.112. The molecule has 4 rings (SSSR count). The van der Waals surface area contributed by atoms with E-state index in [0.717, 1.165) is 28.4 Å². The average Bonchev–Trinajstić information content (AvgIpc) is 3.10. The molecule has 26 heavy (non-hydrogen) atoms. The topological polar surface area (TPSA) is 22.0 Å². The van der Waals surface area contributed by atoms with Crippen LogP contribution in [0.5, 0.6) is 0 Å². The van der Waals surface area contributed by atoms with Crippen molar-refractivity contribution in [3.63, 3.8) is 0 Å². The zero-order chi connectivity index (χ0) is 18.4. The van der Waals surface area contributed by atoms with E-state index in [1.54, 1.807) is 0 Å².